The first-order valence-corrected chi connectivity index (χ1v) is 11.2. The molecule has 0 bridgehead atoms. The number of unbranched alkanes of at least 4 members (excludes halogenated alkanes) is 11. The van der Waals surface area contributed by atoms with Crippen LogP contribution in [0.2, 0.25) is 0 Å². The number of carbonyl (C=O) groups excluding carboxylic acids is 1. The van der Waals surface area contributed by atoms with Gasteiger partial charge in [0.15, 0.2) is 0 Å². The maximum Gasteiger partial charge on any atom is 0.217 e. The molecule has 0 unspecified atom stereocenters. The van der Waals surface area contributed by atoms with E-state index in [9.17, 15) is 4.79 Å². The molecule has 0 aliphatic carbocycles. The molecule has 0 radical (unpaired) electrons. The highest BCUT2D eigenvalue weighted by atomic mass is 16.5. The minimum absolute atomic E-state index is 0.154. The highest BCUT2D eigenvalue weighted by molar-refractivity contribution is 5.73. The van der Waals surface area contributed by atoms with Crippen LogP contribution in [0.15, 0.2) is 0 Å². The summed E-state index contributed by atoms with van der Waals surface area (Å²) in [5.74, 6) is 0.719. The summed E-state index contributed by atoms with van der Waals surface area (Å²) in [7, 11) is 0. The van der Waals surface area contributed by atoms with Gasteiger partial charge in [-0.15, -0.1) is 0 Å². The van der Waals surface area contributed by atoms with Crippen LogP contribution in [-0.4, -0.2) is 32.2 Å². The van der Waals surface area contributed by atoms with Crippen LogP contribution in [-0.2, 0) is 9.53 Å². The zero-order valence-corrected chi connectivity index (χ0v) is 17.7. The van der Waals surface area contributed by atoms with Crippen LogP contribution in [0.5, 0.6) is 0 Å². The van der Waals surface area contributed by atoms with Crippen molar-refractivity contribution in [3.8, 4) is 0 Å². The molecule has 4 nitrogen and oxygen atoms in total. The van der Waals surface area contributed by atoms with E-state index in [1.807, 2.05) is 0 Å². The van der Waals surface area contributed by atoms with Crippen molar-refractivity contribution in [3.05, 3.63) is 0 Å². The molecule has 0 spiro atoms. The van der Waals surface area contributed by atoms with Crippen molar-refractivity contribution >= 4 is 5.91 Å². The summed E-state index contributed by atoms with van der Waals surface area (Å²) in [6.45, 7) is 8.46. The van der Waals surface area contributed by atoms with E-state index in [2.05, 4.69) is 19.2 Å². The molecular weight excluding hydrogens is 324 g/mol. The fourth-order valence-electron chi connectivity index (χ4n) is 3.14. The average molecular weight is 371 g/mol. The molecule has 1 fully saturated rings. The molecule has 3 N–H and O–H groups in total. The van der Waals surface area contributed by atoms with Gasteiger partial charge in [0.05, 0.1) is 13.2 Å². The molecule has 156 valence electrons. The summed E-state index contributed by atoms with van der Waals surface area (Å²) >= 11 is 0. The van der Waals surface area contributed by atoms with E-state index < -0.39 is 0 Å². The predicted octanol–water partition coefficient (Wildman–Crippen LogP) is 5.20. The number of carbonyl (C=O) groups is 1. The number of morpholine rings is 1. The van der Waals surface area contributed by atoms with Crippen molar-refractivity contribution in [2.75, 3.05) is 26.3 Å². The van der Waals surface area contributed by atoms with Crippen LogP contribution < -0.4 is 11.1 Å². The lowest BCUT2D eigenvalue weighted by Crippen LogP contribution is -2.30. The smallest absolute Gasteiger partial charge is 0.217 e. The van der Waals surface area contributed by atoms with Gasteiger partial charge in [-0.3, -0.25) is 4.79 Å². The topological polar surface area (TPSA) is 64.3 Å². The third kappa shape index (κ3) is 23.4. The molecule has 1 saturated heterocycles. The molecule has 1 heterocycles. The van der Waals surface area contributed by atoms with Gasteiger partial charge >= 0.3 is 0 Å². The van der Waals surface area contributed by atoms with Gasteiger partial charge in [0.1, 0.15) is 0 Å². The van der Waals surface area contributed by atoms with E-state index in [0.717, 1.165) is 38.6 Å². The lowest BCUT2D eigenvalue weighted by atomic mass is 10.0. The van der Waals surface area contributed by atoms with Gasteiger partial charge in [-0.05, 0) is 12.3 Å². The summed E-state index contributed by atoms with van der Waals surface area (Å²) in [5.41, 5.74) is 5.11. The van der Waals surface area contributed by atoms with Crippen molar-refractivity contribution in [2.45, 2.75) is 104 Å². The second kappa shape index (κ2) is 20.7. The fourth-order valence-corrected chi connectivity index (χ4v) is 3.14. The van der Waals surface area contributed by atoms with Crippen LogP contribution >= 0.6 is 0 Å². The normalized spacial score (nSPS) is 14.1. The Balaban J connectivity index is 0.000000867. The van der Waals surface area contributed by atoms with Gasteiger partial charge in [-0.25, -0.2) is 0 Å². The highest BCUT2D eigenvalue weighted by Crippen LogP contribution is 2.14. The molecule has 1 aliphatic heterocycles. The molecule has 0 aromatic carbocycles. The minimum atomic E-state index is -0.154. The van der Waals surface area contributed by atoms with E-state index in [1.54, 1.807) is 0 Å². The molecule has 4 heteroatoms. The van der Waals surface area contributed by atoms with Gasteiger partial charge in [0.2, 0.25) is 5.91 Å². The number of primary amides is 1. The Morgan fingerprint density at radius 2 is 1.23 bits per heavy atom. The van der Waals surface area contributed by atoms with Gasteiger partial charge in [-0.2, -0.15) is 0 Å². The summed E-state index contributed by atoms with van der Waals surface area (Å²) in [6.07, 6.45) is 18.0. The second-order valence-electron chi connectivity index (χ2n) is 8.00. The predicted molar refractivity (Wildman–Crippen MR) is 112 cm³/mol. The van der Waals surface area contributed by atoms with Crippen LogP contribution in [0, 0.1) is 5.92 Å². The van der Waals surface area contributed by atoms with Crippen molar-refractivity contribution in [1.29, 1.82) is 0 Å². The SMILES string of the molecule is C1COCCN1.CC(C)CCCCCCCCCCCCCCC(N)=O. The van der Waals surface area contributed by atoms with Crippen LogP contribution in [0.4, 0.5) is 0 Å². The number of amides is 1. The van der Waals surface area contributed by atoms with Gasteiger partial charge in [-0.1, -0.05) is 90.9 Å². The first-order chi connectivity index (χ1) is 12.6. The Morgan fingerprint density at radius 3 is 1.54 bits per heavy atom. The van der Waals surface area contributed by atoms with Crippen LogP contribution in [0.1, 0.15) is 104 Å². The Morgan fingerprint density at radius 1 is 0.808 bits per heavy atom. The first kappa shape index (κ1) is 25.4. The zero-order valence-electron chi connectivity index (χ0n) is 17.7. The first-order valence-electron chi connectivity index (χ1n) is 11.2. The molecule has 1 amide bonds. The summed E-state index contributed by atoms with van der Waals surface area (Å²) in [6, 6.07) is 0. The Kier molecular flexibility index (Phi) is 20.2. The third-order valence-corrected chi connectivity index (χ3v) is 4.80. The zero-order chi connectivity index (χ0) is 19.3. The summed E-state index contributed by atoms with van der Waals surface area (Å²) < 4.78 is 5.01. The second-order valence-corrected chi connectivity index (χ2v) is 8.00. The van der Waals surface area contributed by atoms with Crippen molar-refractivity contribution < 1.29 is 9.53 Å². The van der Waals surface area contributed by atoms with E-state index >= 15 is 0 Å². The molecule has 1 aliphatic rings. The molecule has 0 aromatic rings. The number of hydrogen-bond acceptors (Lipinski definition) is 3. The number of nitrogens with two attached hydrogens (primary N) is 1. The lowest BCUT2D eigenvalue weighted by Gasteiger charge is -2.10. The maximum absolute atomic E-state index is 10.6. The minimum Gasteiger partial charge on any atom is -0.379 e. The molecular formula is C22H46N2O2. The average Bonchev–Trinajstić information content (AvgIpc) is 2.63. The highest BCUT2D eigenvalue weighted by Gasteiger charge is 1.97. The molecule has 0 aromatic heterocycles. The molecule has 0 atom stereocenters. The Labute approximate surface area is 163 Å². The standard InChI is InChI=1S/C18H37NO.C4H9NO/c1-17(2)15-13-11-9-7-5-3-4-6-8-10-12-14-16-18(19)20;1-3-6-4-2-5-1/h17H,3-16H2,1-2H3,(H2,19,20);5H,1-4H2. The van der Waals surface area contributed by atoms with E-state index in [1.165, 1.54) is 77.0 Å². The van der Waals surface area contributed by atoms with Gasteiger partial charge < -0.3 is 15.8 Å². The number of ether oxygens (including phenoxy) is 1. The van der Waals surface area contributed by atoms with Gasteiger partial charge in [0, 0.05) is 19.5 Å². The Bertz CT molecular complexity index is 280. The molecule has 26 heavy (non-hydrogen) atoms. The van der Waals surface area contributed by atoms with E-state index in [-0.39, 0.29) is 5.91 Å². The largest absolute Gasteiger partial charge is 0.379 e. The molecule has 0 saturated carbocycles. The summed E-state index contributed by atoms with van der Waals surface area (Å²) in [5, 5.41) is 3.16. The van der Waals surface area contributed by atoms with Crippen molar-refractivity contribution in [2.24, 2.45) is 11.7 Å². The van der Waals surface area contributed by atoms with Crippen LogP contribution in [0.3, 0.4) is 0 Å². The van der Waals surface area contributed by atoms with Gasteiger partial charge in [0.25, 0.3) is 0 Å². The lowest BCUT2D eigenvalue weighted by molar-refractivity contribution is -0.118. The quantitative estimate of drug-likeness (QED) is 0.390. The fraction of sp³-hybridized carbons (Fsp3) is 0.955. The number of hydrogen-bond donors (Lipinski definition) is 2. The maximum atomic E-state index is 10.6. The van der Waals surface area contributed by atoms with E-state index in [4.69, 9.17) is 10.5 Å². The monoisotopic (exact) mass is 370 g/mol. The number of nitrogens with one attached hydrogen (secondary N) is 1. The number of rotatable bonds is 15. The van der Waals surface area contributed by atoms with E-state index in [0.29, 0.717) is 6.42 Å². The van der Waals surface area contributed by atoms with Crippen molar-refractivity contribution in [1.82, 2.24) is 5.32 Å². The third-order valence-electron chi connectivity index (χ3n) is 4.80. The van der Waals surface area contributed by atoms with Crippen LogP contribution in [0.25, 0.3) is 0 Å². The Hall–Kier alpha value is -0.610. The van der Waals surface area contributed by atoms with Crippen molar-refractivity contribution in [3.63, 3.8) is 0 Å². The molecule has 1 rings (SSSR count). The summed E-state index contributed by atoms with van der Waals surface area (Å²) in [4.78, 5) is 10.6.